The van der Waals surface area contributed by atoms with E-state index >= 15 is 0 Å². The summed E-state index contributed by atoms with van der Waals surface area (Å²) in [6.07, 6.45) is 0. The van der Waals surface area contributed by atoms with E-state index in [1.54, 1.807) is 6.92 Å². The van der Waals surface area contributed by atoms with Crippen molar-refractivity contribution in [3.63, 3.8) is 0 Å². The second kappa shape index (κ2) is 3.27. The number of hydrogen-bond donors (Lipinski definition) is 0. The molecule has 1 aliphatic rings. The molecule has 60 valence electrons. The highest BCUT2D eigenvalue weighted by molar-refractivity contribution is 8.24. The summed E-state index contributed by atoms with van der Waals surface area (Å²) in [5.41, 5.74) is 0. The van der Waals surface area contributed by atoms with Crippen LogP contribution < -0.4 is 0 Å². The molecule has 0 N–H and O–H groups in total. The lowest BCUT2D eigenvalue weighted by Gasteiger charge is -2.09. The quantitative estimate of drug-likeness (QED) is 0.480. The predicted molar refractivity (Wildman–Crippen MR) is 47.2 cm³/mol. The topological polar surface area (TPSA) is 49.7 Å². The lowest BCUT2D eigenvalue weighted by atomic mass is 10.5. The molecule has 0 radical (unpaired) electrons. The van der Waals surface area contributed by atoms with E-state index in [4.69, 9.17) is 12.2 Å². The zero-order chi connectivity index (χ0) is 8.43. The highest BCUT2D eigenvalue weighted by atomic mass is 32.2. The molecule has 11 heavy (non-hydrogen) atoms. The zero-order valence-corrected chi connectivity index (χ0v) is 7.44. The van der Waals surface area contributed by atoms with E-state index in [-0.39, 0.29) is 5.91 Å². The second-order valence-corrected chi connectivity index (χ2v) is 3.64. The lowest BCUT2D eigenvalue weighted by Crippen LogP contribution is -2.30. The molecule has 0 unspecified atom stereocenters. The molecule has 0 aliphatic carbocycles. The molecular weight excluding hydrogens is 184 g/mol. The Morgan fingerprint density at radius 3 is 2.73 bits per heavy atom. The van der Waals surface area contributed by atoms with E-state index < -0.39 is 5.37 Å². The highest BCUT2D eigenvalue weighted by Gasteiger charge is 2.36. The van der Waals surface area contributed by atoms with Gasteiger partial charge in [0.15, 0.2) is 0 Å². The van der Waals surface area contributed by atoms with Crippen LogP contribution in [0.1, 0.15) is 6.92 Å². The molecule has 0 saturated carbocycles. The molecule has 1 atom stereocenters. The summed E-state index contributed by atoms with van der Waals surface area (Å²) in [5, 5.41) is 1.81. The molecule has 1 heterocycles. The molecule has 4 nitrogen and oxygen atoms in total. The van der Waals surface area contributed by atoms with E-state index in [0.29, 0.717) is 10.9 Å². The molecule has 1 fully saturated rings. The van der Waals surface area contributed by atoms with Gasteiger partial charge in [0.25, 0.3) is 5.91 Å². The van der Waals surface area contributed by atoms with Crippen LogP contribution in [0.3, 0.4) is 0 Å². The maximum atomic E-state index is 11.1. The van der Waals surface area contributed by atoms with Gasteiger partial charge in [-0.3, -0.25) is 9.69 Å². The fourth-order valence-corrected chi connectivity index (χ4v) is 2.09. The van der Waals surface area contributed by atoms with E-state index in [9.17, 15) is 9.70 Å². The van der Waals surface area contributed by atoms with Crippen LogP contribution in [-0.2, 0) is 4.79 Å². The molecule has 0 bridgehead atoms. The first kappa shape index (κ1) is 8.61. The van der Waals surface area contributed by atoms with E-state index in [1.165, 1.54) is 4.90 Å². The van der Waals surface area contributed by atoms with Gasteiger partial charge in [-0.05, 0) is 12.1 Å². The first-order valence-electron chi connectivity index (χ1n) is 3.05. The van der Waals surface area contributed by atoms with Crippen molar-refractivity contribution in [2.75, 3.05) is 6.54 Å². The second-order valence-electron chi connectivity index (χ2n) is 1.92. The van der Waals surface area contributed by atoms with Crippen molar-refractivity contribution in [1.29, 1.82) is 0 Å². The number of rotatable bonds is 2. The number of hydrogen-bond acceptors (Lipinski definition) is 5. The summed E-state index contributed by atoms with van der Waals surface area (Å²) in [6, 6.07) is 0. The van der Waals surface area contributed by atoms with Gasteiger partial charge in [-0.15, -0.1) is 4.91 Å². The van der Waals surface area contributed by atoms with E-state index in [2.05, 4.69) is 5.18 Å². The van der Waals surface area contributed by atoms with Crippen molar-refractivity contribution >= 4 is 34.2 Å². The van der Waals surface area contributed by atoms with Crippen molar-refractivity contribution in [2.45, 2.75) is 12.3 Å². The largest absolute Gasteiger partial charge is 0.295 e. The highest BCUT2D eigenvalue weighted by Crippen LogP contribution is 2.27. The molecule has 0 spiro atoms. The first-order chi connectivity index (χ1) is 5.20. The maximum Gasteiger partial charge on any atom is 0.267 e. The third-order valence-electron chi connectivity index (χ3n) is 1.32. The van der Waals surface area contributed by atoms with Crippen LogP contribution in [0.5, 0.6) is 0 Å². The van der Waals surface area contributed by atoms with E-state index in [0.717, 1.165) is 11.8 Å². The van der Waals surface area contributed by atoms with Gasteiger partial charge < -0.3 is 0 Å². The number of amides is 1. The Balaban J connectivity index is 2.78. The Labute approximate surface area is 73.3 Å². The Hall–Kier alpha value is -0.490. The molecule has 0 aromatic carbocycles. The third-order valence-corrected chi connectivity index (χ3v) is 2.76. The molecule has 6 heteroatoms. The summed E-state index contributed by atoms with van der Waals surface area (Å²) in [4.78, 5) is 22.5. The van der Waals surface area contributed by atoms with E-state index in [1.807, 2.05) is 0 Å². The molecule has 1 saturated heterocycles. The third kappa shape index (κ3) is 1.41. The molecule has 1 amide bonds. The molecule has 0 aromatic heterocycles. The fraction of sp³-hybridized carbons (Fsp3) is 0.600. The number of carbonyl (C=O) groups excluding carboxylic acids is 1. The Kier molecular flexibility index (Phi) is 2.56. The van der Waals surface area contributed by atoms with Crippen molar-refractivity contribution in [3.05, 3.63) is 4.91 Å². The summed E-state index contributed by atoms with van der Waals surface area (Å²) >= 11 is 5.86. The van der Waals surface area contributed by atoms with Gasteiger partial charge in [-0.25, -0.2) is 0 Å². The summed E-state index contributed by atoms with van der Waals surface area (Å²) in [5.74, 6) is -0.294. The summed E-state index contributed by atoms with van der Waals surface area (Å²) in [6.45, 7) is 2.31. The van der Waals surface area contributed by atoms with Crippen LogP contribution in [0, 0.1) is 4.91 Å². The van der Waals surface area contributed by atoms with Crippen LogP contribution in [-0.4, -0.2) is 27.0 Å². The molecule has 1 rings (SSSR count). The number of nitroso groups, excluding NO2 is 1. The molecule has 1 aliphatic heterocycles. The Bertz CT molecular complexity index is 219. The SMILES string of the molecule is CCN1C(=O)[C@H](N=O)SC1=S. The summed E-state index contributed by atoms with van der Waals surface area (Å²) < 4.78 is 0.446. The van der Waals surface area contributed by atoms with Crippen LogP contribution in [0.4, 0.5) is 0 Å². The normalized spacial score (nSPS) is 24.5. The van der Waals surface area contributed by atoms with Gasteiger partial charge >= 0.3 is 0 Å². The monoisotopic (exact) mass is 190 g/mol. The fourth-order valence-electron chi connectivity index (χ4n) is 0.784. The van der Waals surface area contributed by atoms with Gasteiger partial charge in [-0.1, -0.05) is 24.0 Å². The average molecular weight is 190 g/mol. The van der Waals surface area contributed by atoms with Gasteiger partial charge in [0.1, 0.15) is 4.32 Å². The van der Waals surface area contributed by atoms with Crippen molar-refractivity contribution < 1.29 is 4.79 Å². The van der Waals surface area contributed by atoms with Crippen molar-refractivity contribution in [1.82, 2.24) is 4.90 Å². The van der Waals surface area contributed by atoms with Gasteiger partial charge in [0, 0.05) is 6.54 Å². The number of likely N-dealkylation sites (N-methyl/N-ethyl adjacent to an activating group) is 1. The van der Waals surface area contributed by atoms with Gasteiger partial charge in [-0.2, -0.15) is 0 Å². The number of thiocarbonyl (C=S) groups is 1. The van der Waals surface area contributed by atoms with Crippen LogP contribution in [0.2, 0.25) is 0 Å². The van der Waals surface area contributed by atoms with Crippen molar-refractivity contribution in [3.8, 4) is 0 Å². The molecule has 0 aromatic rings. The van der Waals surface area contributed by atoms with Crippen LogP contribution in [0.25, 0.3) is 0 Å². The Morgan fingerprint density at radius 1 is 1.82 bits per heavy atom. The minimum absolute atomic E-state index is 0.294. The number of thioether (sulfide) groups is 1. The summed E-state index contributed by atoms with van der Waals surface area (Å²) in [7, 11) is 0. The number of carbonyl (C=O) groups is 1. The smallest absolute Gasteiger partial charge is 0.267 e. The van der Waals surface area contributed by atoms with Crippen LogP contribution >= 0.6 is 24.0 Å². The standard InChI is InChI=1S/C5H6N2O2S2/c1-2-7-4(8)3(6-9)11-5(7)10/h3H,2H2,1H3/t3-/m1/s1. The predicted octanol–water partition coefficient (Wildman–Crippen LogP) is 0.959. The number of nitrogens with zero attached hydrogens (tertiary/aromatic N) is 2. The van der Waals surface area contributed by atoms with Gasteiger partial charge in [0.05, 0.1) is 0 Å². The van der Waals surface area contributed by atoms with Crippen molar-refractivity contribution in [2.24, 2.45) is 5.18 Å². The molecular formula is C5H6N2O2S2. The average Bonchev–Trinajstić information content (AvgIpc) is 2.26. The van der Waals surface area contributed by atoms with Gasteiger partial charge in [0.2, 0.25) is 5.37 Å². The Morgan fingerprint density at radius 2 is 2.45 bits per heavy atom. The lowest BCUT2D eigenvalue weighted by molar-refractivity contribution is -0.125. The zero-order valence-electron chi connectivity index (χ0n) is 5.81. The van der Waals surface area contributed by atoms with Crippen LogP contribution in [0.15, 0.2) is 5.18 Å². The first-order valence-corrected chi connectivity index (χ1v) is 4.34. The maximum absolute atomic E-state index is 11.1. The minimum Gasteiger partial charge on any atom is -0.295 e. The minimum atomic E-state index is -0.845.